The Hall–Kier alpha value is -2.98. The molecule has 0 bridgehead atoms. The Labute approximate surface area is 223 Å². The molecule has 8 nitrogen and oxygen atoms in total. The molecule has 3 N–H and O–H groups in total. The van der Waals surface area contributed by atoms with Crippen molar-refractivity contribution >= 4 is 39.5 Å². The van der Waals surface area contributed by atoms with Crippen LogP contribution in [0.2, 0.25) is 0 Å². The van der Waals surface area contributed by atoms with Crippen molar-refractivity contribution in [2.45, 2.75) is 51.4 Å². The summed E-state index contributed by atoms with van der Waals surface area (Å²) in [6.07, 6.45) is 2.17. The Morgan fingerprint density at radius 2 is 2.00 bits per heavy atom. The number of ether oxygens (including phenoxy) is 2. The van der Waals surface area contributed by atoms with Gasteiger partial charge in [0.2, 0.25) is 17.0 Å². The number of hydrogen-bond acceptors (Lipinski definition) is 7. The number of nitrogens with one attached hydrogen (secondary N) is 1. The summed E-state index contributed by atoms with van der Waals surface area (Å²) < 4.78 is 14.5. The summed E-state index contributed by atoms with van der Waals surface area (Å²) in [5, 5.41) is 8.58. The highest BCUT2D eigenvalue weighted by molar-refractivity contribution is 9.10. The van der Waals surface area contributed by atoms with E-state index in [0.717, 1.165) is 29.7 Å². The number of carbonyl (C=O) groups excluding carboxylic acids is 1. The van der Waals surface area contributed by atoms with Gasteiger partial charge < -0.3 is 20.5 Å². The number of rotatable bonds is 11. The van der Waals surface area contributed by atoms with Gasteiger partial charge in [0.1, 0.15) is 12.6 Å². The number of amides is 1. The maximum atomic E-state index is 12.6. The lowest BCUT2D eigenvalue weighted by Crippen LogP contribution is -2.32. The van der Waals surface area contributed by atoms with Gasteiger partial charge in [-0.25, -0.2) is 4.68 Å². The lowest BCUT2D eigenvalue weighted by molar-refractivity contribution is -0.115. The van der Waals surface area contributed by atoms with E-state index in [9.17, 15) is 4.79 Å². The fourth-order valence-corrected chi connectivity index (χ4v) is 5.49. The molecule has 0 saturated carbocycles. The number of benzene rings is 2. The first kappa shape index (κ1) is 26.1. The number of nitrogens with two attached hydrogens (primary N) is 1. The van der Waals surface area contributed by atoms with Gasteiger partial charge >= 0.3 is 0 Å². The van der Waals surface area contributed by atoms with Gasteiger partial charge in [-0.3, -0.25) is 4.79 Å². The van der Waals surface area contributed by atoms with E-state index >= 15 is 0 Å². The van der Waals surface area contributed by atoms with Crippen LogP contribution in [0.3, 0.4) is 0 Å². The van der Waals surface area contributed by atoms with E-state index in [4.69, 9.17) is 20.3 Å². The van der Waals surface area contributed by atoms with Crippen molar-refractivity contribution in [3.05, 3.63) is 69.3 Å². The zero-order chi connectivity index (χ0) is 25.7. The summed E-state index contributed by atoms with van der Waals surface area (Å²) in [6.45, 7) is 6.74. The molecule has 36 heavy (non-hydrogen) atoms. The summed E-state index contributed by atoms with van der Waals surface area (Å²) in [5.41, 5.74) is 8.75. The van der Waals surface area contributed by atoms with Gasteiger partial charge in [-0.2, -0.15) is 4.98 Å². The van der Waals surface area contributed by atoms with Crippen molar-refractivity contribution in [3.63, 3.8) is 0 Å². The molecule has 1 unspecified atom stereocenters. The fourth-order valence-electron chi connectivity index (χ4n) is 4.01. The minimum atomic E-state index is -0.564. The van der Waals surface area contributed by atoms with Crippen LogP contribution in [0.25, 0.3) is 0 Å². The van der Waals surface area contributed by atoms with Crippen molar-refractivity contribution in [2.24, 2.45) is 5.73 Å². The van der Waals surface area contributed by atoms with E-state index in [-0.39, 0.29) is 0 Å². The molecule has 1 aromatic heterocycles. The largest absolute Gasteiger partial charge is 0.490 e. The molecule has 0 aliphatic carbocycles. The van der Waals surface area contributed by atoms with Crippen LogP contribution in [0, 0.1) is 0 Å². The van der Waals surface area contributed by atoms with Crippen molar-refractivity contribution < 1.29 is 14.3 Å². The lowest BCUT2D eigenvalue weighted by atomic mass is 9.95. The van der Waals surface area contributed by atoms with E-state index < -0.39 is 11.9 Å². The average molecular weight is 573 g/mol. The number of primary amides is 1. The molecule has 0 saturated heterocycles. The highest BCUT2D eigenvalue weighted by Gasteiger charge is 2.34. The van der Waals surface area contributed by atoms with E-state index in [0.29, 0.717) is 51.6 Å². The summed E-state index contributed by atoms with van der Waals surface area (Å²) in [6, 6.07) is 13.2. The third-order valence-corrected chi connectivity index (χ3v) is 7.21. The molecule has 1 aliphatic rings. The predicted molar refractivity (Wildman–Crippen MR) is 145 cm³/mol. The molecular weight excluding hydrogens is 542 g/mol. The van der Waals surface area contributed by atoms with Crippen LogP contribution in [0.1, 0.15) is 50.8 Å². The SMILES string of the molecule is CCCCSc1nc2n(n1)C(c1cc(Br)c(OCc3ccccc3)c(OCC)c1)C(C(N)=O)=C(C)N2. The normalized spacial score (nSPS) is 14.8. The van der Waals surface area contributed by atoms with Gasteiger partial charge in [0.25, 0.3) is 0 Å². The van der Waals surface area contributed by atoms with Crippen LogP contribution < -0.4 is 20.5 Å². The first-order valence-corrected chi connectivity index (χ1v) is 13.7. The number of allylic oxidation sites excluding steroid dienone is 1. The van der Waals surface area contributed by atoms with E-state index in [2.05, 4.69) is 33.2 Å². The van der Waals surface area contributed by atoms with E-state index in [1.807, 2.05) is 56.3 Å². The molecule has 0 spiro atoms. The number of carbonyl (C=O) groups is 1. The molecule has 1 amide bonds. The number of hydrogen-bond donors (Lipinski definition) is 2. The predicted octanol–water partition coefficient (Wildman–Crippen LogP) is 5.68. The number of nitrogens with zero attached hydrogens (tertiary/aromatic N) is 3. The van der Waals surface area contributed by atoms with Gasteiger partial charge in [-0.15, -0.1) is 5.10 Å². The Balaban J connectivity index is 1.74. The van der Waals surface area contributed by atoms with Gasteiger partial charge in [-0.1, -0.05) is 55.4 Å². The maximum Gasteiger partial charge on any atom is 0.248 e. The Bertz CT molecular complexity index is 1260. The van der Waals surface area contributed by atoms with Crippen molar-refractivity contribution in [1.29, 1.82) is 0 Å². The molecule has 2 aromatic carbocycles. The quantitative estimate of drug-likeness (QED) is 0.225. The Morgan fingerprint density at radius 3 is 2.69 bits per heavy atom. The molecule has 4 rings (SSSR count). The number of anilines is 1. The number of thioether (sulfide) groups is 1. The van der Waals surface area contributed by atoms with Gasteiger partial charge in [0.05, 0.1) is 16.7 Å². The second-order valence-corrected chi connectivity index (χ2v) is 10.2. The third kappa shape index (κ3) is 5.70. The topological polar surface area (TPSA) is 104 Å². The Kier molecular flexibility index (Phi) is 8.58. The number of unbranched alkanes of at least 4 members (excludes halogenated alkanes) is 1. The van der Waals surface area contributed by atoms with Crippen molar-refractivity contribution in [3.8, 4) is 11.5 Å². The maximum absolute atomic E-state index is 12.6. The van der Waals surface area contributed by atoms with Crippen LogP contribution in [-0.4, -0.2) is 33.0 Å². The molecule has 0 radical (unpaired) electrons. The Morgan fingerprint density at radius 1 is 1.22 bits per heavy atom. The van der Waals surface area contributed by atoms with E-state index in [1.165, 1.54) is 0 Å². The van der Waals surface area contributed by atoms with Crippen LogP contribution in [-0.2, 0) is 11.4 Å². The lowest BCUT2D eigenvalue weighted by Gasteiger charge is -2.28. The second-order valence-electron chi connectivity index (χ2n) is 8.33. The van der Waals surface area contributed by atoms with Gasteiger partial charge in [-0.05, 0) is 59.5 Å². The monoisotopic (exact) mass is 571 g/mol. The summed E-state index contributed by atoms with van der Waals surface area (Å²) in [4.78, 5) is 17.2. The summed E-state index contributed by atoms with van der Waals surface area (Å²) in [5.74, 6) is 2.13. The average Bonchev–Trinajstić information content (AvgIpc) is 3.25. The summed E-state index contributed by atoms with van der Waals surface area (Å²) in [7, 11) is 0. The molecule has 1 atom stereocenters. The molecule has 2 heterocycles. The standard InChI is InChI=1S/C26H30BrN5O3S/c1-4-6-12-36-26-30-25-29-16(3)21(24(28)33)22(32(25)31-26)18-13-19(27)23(20(14-18)34-5-2)35-15-17-10-8-7-9-11-17/h7-11,13-14,22H,4-6,12,15H2,1-3H3,(H2,28,33)(H,29,30,31). The fraction of sp³-hybridized carbons (Fsp3) is 0.346. The van der Waals surface area contributed by atoms with Crippen LogP contribution in [0.5, 0.6) is 11.5 Å². The molecule has 3 aromatic rings. The first-order valence-electron chi connectivity index (χ1n) is 11.9. The molecular formula is C26H30BrN5O3S. The zero-order valence-electron chi connectivity index (χ0n) is 20.6. The van der Waals surface area contributed by atoms with E-state index in [1.54, 1.807) is 16.4 Å². The summed E-state index contributed by atoms with van der Waals surface area (Å²) >= 11 is 5.26. The first-order chi connectivity index (χ1) is 17.4. The minimum absolute atomic E-state index is 0.392. The minimum Gasteiger partial charge on any atom is -0.490 e. The molecule has 10 heteroatoms. The smallest absolute Gasteiger partial charge is 0.248 e. The highest BCUT2D eigenvalue weighted by atomic mass is 79.9. The number of aromatic nitrogens is 3. The van der Waals surface area contributed by atoms with Crippen LogP contribution >= 0.6 is 27.7 Å². The second kappa shape index (κ2) is 11.8. The molecule has 0 fully saturated rings. The third-order valence-electron chi connectivity index (χ3n) is 5.70. The highest BCUT2D eigenvalue weighted by Crippen LogP contribution is 2.43. The molecule has 190 valence electrons. The number of fused-ring (bicyclic) bond motifs is 1. The van der Waals surface area contributed by atoms with Crippen LogP contribution in [0.4, 0.5) is 5.95 Å². The van der Waals surface area contributed by atoms with Crippen molar-refractivity contribution in [1.82, 2.24) is 14.8 Å². The molecule has 1 aliphatic heterocycles. The zero-order valence-corrected chi connectivity index (χ0v) is 23.0. The van der Waals surface area contributed by atoms with Crippen molar-refractivity contribution in [2.75, 3.05) is 17.7 Å². The van der Waals surface area contributed by atoms with Gasteiger partial charge in [0.15, 0.2) is 11.5 Å². The van der Waals surface area contributed by atoms with Crippen LogP contribution in [0.15, 0.2) is 63.4 Å². The van der Waals surface area contributed by atoms with Gasteiger partial charge in [0, 0.05) is 11.4 Å². The number of halogens is 1.